The molecular formula is C29H23O4P. The molecule has 0 aliphatic heterocycles. The van der Waals surface area contributed by atoms with Crippen LogP contribution in [0.25, 0.3) is 0 Å². The number of ketones is 1. The van der Waals surface area contributed by atoms with Crippen LogP contribution in [0.1, 0.15) is 12.7 Å². The lowest BCUT2D eigenvalue weighted by Gasteiger charge is -2.30. The lowest BCUT2D eigenvalue weighted by Crippen LogP contribution is -2.38. The van der Waals surface area contributed by atoms with Crippen molar-refractivity contribution in [2.24, 2.45) is 0 Å². The molecule has 4 rings (SSSR count). The Balaban J connectivity index is 2.18. The fourth-order valence-electron chi connectivity index (χ4n) is 3.90. The Hall–Kier alpha value is -4.06. The fraction of sp³-hybridized carbons (Fsp3) is 0.0690. The van der Waals surface area contributed by atoms with Crippen LogP contribution >= 0.6 is 6.89 Å². The van der Waals surface area contributed by atoms with Crippen molar-refractivity contribution in [3.05, 3.63) is 115 Å². The summed E-state index contributed by atoms with van der Waals surface area (Å²) in [4.78, 5) is 27.4. The van der Waals surface area contributed by atoms with E-state index in [9.17, 15) is 9.59 Å². The number of Topliss-reactive ketones (excluding diaryl/α,β-unsaturated/α-hetero) is 1. The summed E-state index contributed by atoms with van der Waals surface area (Å²) >= 11 is 0. The molecule has 0 spiro atoms. The number of benzene rings is 3. The first-order chi connectivity index (χ1) is 16.7. The van der Waals surface area contributed by atoms with E-state index in [4.69, 9.17) is 9.15 Å². The van der Waals surface area contributed by atoms with Crippen LogP contribution < -0.4 is 15.9 Å². The summed E-state index contributed by atoms with van der Waals surface area (Å²) in [6.07, 6.45) is 1.49. The van der Waals surface area contributed by atoms with E-state index in [1.165, 1.54) is 6.26 Å². The van der Waals surface area contributed by atoms with Crippen molar-refractivity contribution in [2.45, 2.75) is 6.92 Å². The van der Waals surface area contributed by atoms with E-state index in [0.717, 1.165) is 15.9 Å². The molecule has 3 aromatic carbocycles. The number of hydrogen-bond donors (Lipinski definition) is 0. The Morgan fingerprint density at radius 2 is 1.26 bits per heavy atom. The van der Waals surface area contributed by atoms with Crippen LogP contribution in [0.3, 0.4) is 0 Å². The summed E-state index contributed by atoms with van der Waals surface area (Å²) in [7, 11) is 0. The maximum absolute atomic E-state index is 13.8. The van der Waals surface area contributed by atoms with Gasteiger partial charge in [0, 0.05) is 0 Å². The van der Waals surface area contributed by atoms with Gasteiger partial charge in [-0.25, -0.2) is 4.79 Å². The lowest BCUT2D eigenvalue weighted by atomic mass is 10.3. The SMILES string of the molecule is CCOC(=O)C(C(=O)C#Cc1ccco1)=P(c1ccccc1)(c1ccccc1)c1ccccc1. The summed E-state index contributed by atoms with van der Waals surface area (Å²) in [5, 5.41) is 2.63. The van der Waals surface area contributed by atoms with Crippen molar-refractivity contribution in [1.82, 2.24) is 0 Å². The molecule has 0 unspecified atom stereocenters. The molecule has 1 aromatic heterocycles. The number of carbonyl (C=O) groups is 2. The normalized spacial score (nSPS) is 10.6. The van der Waals surface area contributed by atoms with Crippen LogP contribution in [0.2, 0.25) is 0 Å². The number of rotatable bonds is 6. The molecular weight excluding hydrogens is 443 g/mol. The summed E-state index contributed by atoms with van der Waals surface area (Å²) in [5.74, 6) is 4.50. The highest BCUT2D eigenvalue weighted by molar-refractivity contribution is 7.97. The third-order valence-corrected chi connectivity index (χ3v) is 9.54. The predicted octanol–water partition coefficient (Wildman–Crippen LogP) is 3.93. The van der Waals surface area contributed by atoms with Gasteiger partial charge in [-0.05, 0) is 53.7 Å². The highest BCUT2D eigenvalue weighted by Crippen LogP contribution is 2.46. The molecule has 0 saturated carbocycles. The average molecular weight is 466 g/mol. The van der Waals surface area contributed by atoms with Crippen molar-refractivity contribution in [3.8, 4) is 11.8 Å². The first-order valence-electron chi connectivity index (χ1n) is 10.9. The second-order valence-electron chi connectivity index (χ2n) is 7.30. The van der Waals surface area contributed by atoms with Gasteiger partial charge in [-0.2, -0.15) is 0 Å². The number of esters is 1. The topological polar surface area (TPSA) is 56.5 Å². The van der Waals surface area contributed by atoms with E-state index in [-0.39, 0.29) is 11.9 Å². The lowest BCUT2D eigenvalue weighted by molar-refractivity contribution is -0.135. The van der Waals surface area contributed by atoms with Gasteiger partial charge in [-0.3, -0.25) is 4.79 Å². The number of furan rings is 1. The summed E-state index contributed by atoms with van der Waals surface area (Å²) in [6.45, 7) is -1.09. The first-order valence-corrected chi connectivity index (χ1v) is 12.7. The predicted molar refractivity (Wildman–Crippen MR) is 137 cm³/mol. The van der Waals surface area contributed by atoms with Crippen LogP contribution in [-0.2, 0) is 14.3 Å². The van der Waals surface area contributed by atoms with Gasteiger partial charge in [0.25, 0.3) is 0 Å². The average Bonchev–Trinajstić information content (AvgIpc) is 3.41. The van der Waals surface area contributed by atoms with Crippen molar-refractivity contribution >= 4 is 39.8 Å². The van der Waals surface area contributed by atoms with Crippen LogP contribution in [0, 0.1) is 11.8 Å². The molecule has 5 heteroatoms. The molecule has 0 saturated heterocycles. The Morgan fingerprint density at radius 1 is 0.765 bits per heavy atom. The molecule has 4 aromatic rings. The molecule has 0 atom stereocenters. The van der Waals surface area contributed by atoms with Gasteiger partial charge in [0.15, 0.2) is 5.76 Å². The van der Waals surface area contributed by atoms with Gasteiger partial charge < -0.3 is 9.15 Å². The van der Waals surface area contributed by atoms with Crippen molar-refractivity contribution in [3.63, 3.8) is 0 Å². The molecule has 0 N–H and O–H groups in total. The van der Waals surface area contributed by atoms with Gasteiger partial charge >= 0.3 is 5.97 Å². The molecule has 0 fully saturated rings. The Bertz CT molecular complexity index is 1270. The highest BCUT2D eigenvalue weighted by Gasteiger charge is 2.37. The molecule has 168 valence electrons. The van der Waals surface area contributed by atoms with Gasteiger partial charge in [-0.1, -0.05) is 91.0 Å². The summed E-state index contributed by atoms with van der Waals surface area (Å²) in [6, 6.07) is 32.3. The minimum absolute atomic E-state index is 0.0389. The van der Waals surface area contributed by atoms with Gasteiger partial charge in [0.2, 0.25) is 5.78 Å². The summed E-state index contributed by atoms with van der Waals surface area (Å²) < 4.78 is 10.7. The minimum Gasteiger partial charge on any atom is -0.462 e. The van der Waals surface area contributed by atoms with Crippen LogP contribution in [0.15, 0.2) is 114 Å². The molecule has 4 nitrogen and oxygen atoms in total. The molecule has 34 heavy (non-hydrogen) atoms. The van der Waals surface area contributed by atoms with E-state index in [1.54, 1.807) is 19.1 Å². The molecule has 1 heterocycles. The monoisotopic (exact) mass is 466 g/mol. The van der Waals surface area contributed by atoms with Crippen molar-refractivity contribution in [1.29, 1.82) is 0 Å². The zero-order valence-corrected chi connectivity index (χ0v) is 19.6. The Morgan fingerprint density at radius 3 is 1.68 bits per heavy atom. The Labute approximate surface area is 199 Å². The summed E-state index contributed by atoms with van der Waals surface area (Å²) in [5.41, 5.74) is 0. The quantitative estimate of drug-likeness (QED) is 0.187. The number of ether oxygens (including phenoxy) is 1. The minimum atomic E-state index is -2.95. The zero-order chi connectivity index (χ0) is 23.8. The number of carbonyl (C=O) groups excluding carboxylic acids is 2. The maximum atomic E-state index is 13.8. The van der Waals surface area contributed by atoms with E-state index in [0.29, 0.717) is 5.76 Å². The van der Waals surface area contributed by atoms with E-state index >= 15 is 0 Å². The molecule has 0 aliphatic rings. The molecule has 0 amide bonds. The zero-order valence-electron chi connectivity index (χ0n) is 18.7. The molecule has 0 aliphatic carbocycles. The largest absolute Gasteiger partial charge is 0.462 e. The van der Waals surface area contributed by atoms with E-state index in [1.807, 2.05) is 91.0 Å². The number of hydrogen-bond acceptors (Lipinski definition) is 4. The van der Waals surface area contributed by atoms with Crippen LogP contribution in [0.5, 0.6) is 0 Å². The third kappa shape index (κ3) is 4.53. The fourth-order valence-corrected chi connectivity index (χ4v) is 8.12. The standard InChI is InChI=1S/C29H23O4P/c1-2-32-29(31)28(27(30)21-20-23-13-12-22-33-23)34(24-14-6-3-7-15-24,25-16-8-4-9-17-25)26-18-10-5-11-19-26/h3-19,22H,2H2,1H3. The maximum Gasteiger partial charge on any atom is 0.343 e. The molecule has 0 bridgehead atoms. The van der Waals surface area contributed by atoms with Crippen LogP contribution in [0.4, 0.5) is 0 Å². The first kappa shape index (κ1) is 23.1. The van der Waals surface area contributed by atoms with Crippen molar-refractivity contribution < 1.29 is 18.7 Å². The molecule has 0 radical (unpaired) electrons. The van der Waals surface area contributed by atoms with Crippen LogP contribution in [-0.4, -0.2) is 23.7 Å². The Kier molecular flexibility index (Phi) is 7.28. The highest BCUT2D eigenvalue weighted by atomic mass is 31.2. The second-order valence-corrected chi connectivity index (χ2v) is 10.6. The smallest absolute Gasteiger partial charge is 0.343 e. The van der Waals surface area contributed by atoms with Crippen molar-refractivity contribution in [2.75, 3.05) is 6.61 Å². The van der Waals surface area contributed by atoms with E-state index in [2.05, 4.69) is 11.8 Å². The second kappa shape index (κ2) is 10.7. The van der Waals surface area contributed by atoms with Gasteiger partial charge in [-0.15, -0.1) is 0 Å². The van der Waals surface area contributed by atoms with Gasteiger partial charge in [0.1, 0.15) is 5.29 Å². The third-order valence-electron chi connectivity index (χ3n) is 5.27. The van der Waals surface area contributed by atoms with E-state index < -0.39 is 18.6 Å². The van der Waals surface area contributed by atoms with Gasteiger partial charge in [0.05, 0.1) is 12.9 Å².